The highest BCUT2D eigenvalue weighted by Crippen LogP contribution is 2.45. The first-order chi connectivity index (χ1) is 44.9. The van der Waals surface area contributed by atoms with Gasteiger partial charge < -0.3 is 33.8 Å². The van der Waals surface area contributed by atoms with E-state index in [0.717, 1.165) is 102 Å². The fraction of sp³-hybridized carbons (Fsp3) is 0.946. The lowest BCUT2D eigenvalue weighted by Gasteiger charge is -2.21. The zero-order valence-corrected chi connectivity index (χ0v) is 62.3. The highest BCUT2D eigenvalue weighted by molar-refractivity contribution is 7.47. The summed E-state index contributed by atoms with van der Waals surface area (Å²) in [5.74, 6) is -0.645. The summed E-state index contributed by atoms with van der Waals surface area (Å²) in [6.45, 7) is 9.53. The number of ether oxygens (including phenoxy) is 4. The number of hydrogen-bond donors (Lipinski definition) is 3. The Hall–Kier alpha value is -1.94. The van der Waals surface area contributed by atoms with E-state index in [9.17, 15) is 43.2 Å². The van der Waals surface area contributed by atoms with E-state index in [1.54, 1.807) is 0 Å². The Labute approximate surface area is 568 Å². The Morgan fingerprint density at radius 1 is 0.312 bits per heavy atom. The van der Waals surface area contributed by atoms with Crippen LogP contribution in [0.4, 0.5) is 0 Å². The van der Waals surface area contributed by atoms with Gasteiger partial charge in [0.05, 0.1) is 26.4 Å². The first-order valence-corrected chi connectivity index (χ1v) is 41.5. The number of phosphoric acid groups is 2. The smallest absolute Gasteiger partial charge is 0.462 e. The van der Waals surface area contributed by atoms with Crippen molar-refractivity contribution < 1.29 is 80.2 Å². The summed E-state index contributed by atoms with van der Waals surface area (Å²) < 4.78 is 68.5. The van der Waals surface area contributed by atoms with Gasteiger partial charge in [-0.3, -0.25) is 37.3 Å². The molecule has 6 atom stereocenters. The Kier molecular flexibility index (Phi) is 64.6. The molecule has 3 unspecified atom stereocenters. The van der Waals surface area contributed by atoms with Gasteiger partial charge >= 0.3 is 39.5 Å². The minimum atomic E-state index is -4.96. The number of rotatable bonds is 73. The largest absolute Gasteiger partial charge is 0.472 e. The zero-order valence-electron chi connectivity index (χ0n) is 60.6. The van der Waals surface area contributed by atoms with Gasteiger partial charge in [0.1, 0.15) is 19.3 Å². The average Bonchev–Trinajstić information content (AvgIpc) is 1.89. The van der Waals surface area contributed by atoms with Crippen LogP contribution in [0.1, 0.15) is 382 Å². The number of esters is 4. The van der Waals surface area contributed by atoms with Crippen LogP contribution in [-0.4, -0.2) is 96.7 Å². The van der Waals surface area contributed by atoms with Crippen LogP contribution in [0.5, 0.6) is 0 Å². The Bertz CT molecular complexity index is 1810. The number of carbonyl (C=O) groups is 4. The summed E-state index contributed by atoms with van der Waals surface area (Å²) in [5.41, 5.74) is 0. The standard InChI is InChI=1S/C74H144O17P2/c1-7-10-12-14-16-18-20-22-24-26-28-30-32-39-46-52-58-73(78)90-69(62-84-71(76)56-50-44-38-31-29-27-25-23-21-19-17-15-13-11-8-2)64-88-92(80,81)86-60-68(75)61-87-93(82,83)89-65-70(63-85-72(77)57-51-45-41-35-36-42-48-54-66(4)5)91-74(79)59-53-47-40-34-33-37-43-49-55-67(6)9-3/h66-70,75H,7-65H2,1-6H3,(H,80,81)(H,82,83)/t67?,68-,69-,70-/m1/s1. The third-order valence-electron chi connectivity index (χ3n) is 17.6. The number of unbranched alkanes of at least 4 members (excludes halogenated alkanes) is 42. The summed E-state index contributed by atoms with van der Waals surface area (Å²) in [6, 6.07) is 0. The molecule has 3 N–H and O–H groups in total. The maximum Gasteiger partial charge on any atom is 0.472 e. The second kappa shape index (κ2) is 66.0. The monoisotopic (exact) mass is 1370 g/mol. The van der Waals surface area contributed by atoms with Crippen LogP contribution in [0.15, 0.2) is 0 Å². The molecule has 0 aromatic heterocycles. The Morgan fingerprint density at radius 2 is 0.548 bits per heavy atom. The van der Waals surface area contributed by atoms with Crippen molar-refractivity contribution in [1.29, 1.82) is 0 Å². The van der Waals surface area contributed by atoms with E-state index in [0.29, 0.717) is 31.6 Å². The molecule has 0 fully saturated rings. The molecule has 0 aromatic carbocycles. The molecule has 0 amide bonds. The van der Waals surface area contributed by atoms with E-state index < -0.39 is 97.5 Å². The molecule has 0 saturated carbocycles. The van der Waals surface area contributed by atoms with Gasteiger partial charge in [-0.05, 0) is 37.5 Å². The quantitative estimate of drug-likeness (QED) is 0.0222. The molecule has 552 valence electrons. The van der Waals surface area contributed by atoms with Crippen LogP contribution in [0.2, 0.25) is 0 Å². The number of hydrogen-bond acceptors (Lipinski definition) is 15. The van der Waals surface area contributed by atoms with Crippen LogP contribution in [0.25, 0.3) is 0 Å². The highest BCUT2D eigenvalue weighted by atomic mass is 31.2. The van der Waals surface area contributed by atoms with Crippen LogP contribution in [0, 0.1) is 11.8 Å². The molecule has 0 rings (SSSR count). The fourth-order valence-corrected chi connectivity index (χ4v) is 12.8. The first-order valence-electron chi connectivity index (χ1n) is 38.5. The number of phosphoric ester groups is 2. The molecule has 0 aliphatic heterocycles. The molecule has 0 spiro atoms. The van der Waals surface area contributed by atoms with Gasteiger partial charge in [0.15, 0.2) is 12.2 Å². The first kappa shape index (κ1) is 91.1. The second-order valence-electron chi connectivity index (χ2n) is 27.4. The molecular formula is C74H144O17P2. The van der Waals surface area contributed by atoms with Crippen molar-refractivity contribution in [2.45, 2.75) is 400 Å². The number of aliphatic hydroxyl groups is 1. The normalized spacial score (nSPS) is 14.3. The van der Waals surface area contributed by atoms with Crippen molar-refractivity contribution in [3.8, 4) is 0 Å². The SMILES string of the molecule is CCCCCCCCCCCCCCCCCCC(=O)O[C@H](COC(=O)CCCCCCCCCCCCCCCCC)COP(=O)(O)OC[C@@H](O)COP(=O)(O)OC[C@@H](COC(=O)CCCCCCCCCC(C)C)OC(=O)CCCCCCCCCCC(C)CC. The van der Waals surface area contributed by atoms with Crippen molar-refractivity contribution in [3.05, 3.63) is 0 Å². The van der Waals surface area contributed by atoms with Crippen molar-refractivity contribution in [3.63, 3.8) is 0 Å². The molecule has 0 bridgehead atoms. The molecule has 0 radical (unpaired) electrons. The Balaban J connectivity index is 5.25. The van der Waals surface area contributed by atoms with Crippen LogP contribution in [0.3, 0.4) is 0 Å². The van der Waals surface area contributed by atoms with Gasteiger partial charge in [-0.1, -0.05) is 330 Å². The predicted octanol–water partition coefficient (Wildman–Crippen LogP) is 21.6. The Morgan fingerprint density at radius 3 is 0.817 bits per heavy atom. The highest BCUT2D eigenvalue weighted by Gasteiger charge is 2.30. The third kappa shape index (κ3) is 67.0. The van der Waals surface area contributed by atoms with Crippen molar-refractivity contribution in [2.75, 3.05) is 39.6 Å². The van der Waals surface area contributed by atoms with Crippen LogP contribution in [-0.2, 0) is 65.4 Å². The summed E-state index contributed by atoms with van der Waals surface area (Å²) in [7, 11) is -9.91. The van der Waals surface area contributed by atoms with Gasteiger partial charge in [0.2, 0.25) is 0 Å². The van der Waals surface area contributed by atoms with Gasteiger partial charge in [0.25, 0.3) is 0 Å². The molecule has 0 heterocycles. The maximum absolute atomic E-state index is 13.1. The molecular weight excluding hydrogens is 1220 g/mol. The second-order valence-corrected chi connectivity index (χ2v) is 30.3. The maximum atomic E-state index is 13.1. The zero-order chi connectivity index (χ0) is 68.6. The van der Waals surface area contributed by atoms with E-state index in [-0.39, 0.29) is 25.7 Å². The van der Waals surface area contributed by atoms with Gasteiger partial charge in [-0.15, -0.1) is 0 Å². The van der Waals surface area contributed by atoms with E-state index in [4.69, 9.17) is 37.0 Å². The van der Waals surface area contributed by atoms with E-state index in [2.05, 4.69) is 41.5 Å². The van der Waals surface area contributed by atoms with Crippen LogP contribution < -0.4 is 0 Å². The molecule has 0 aromatic rings. The van der Waals surface area contributed by atoms with Crippen molar-refractivity contribution in [2.24, 2.45) is 11.8 Å². The average molecular weight is 1370 g/mol. The predicted molar refractivity (Wildman–Crippen MR) is 377 cm³/mol. The third-order valence-corrected chi connectivity index (χ3v) is 19.5. The summed E-state index contributed by atoms with van der Waals surface area (Å²) in [6.07, 6.45) is 52.7. The lowest BCUT2D eigenvalue weighted by Crippen LogP contribution is -2.30. The van der Waals surface area contributed by atoms with Gasteiger partial charge in [-0.2, -0.15) is 0 Å². The molecule has 93 heavy (non-hydrogen) atoms. The number of aliphatic hydroxyl groups excluding tert-OH is 1. The van der Waals surface area contributed by atoms with Crippen LogP contribution >= 0.6 is 15.6 Å². The lowest BCUT2D eigenvalue weighted by molar-refractivity contribution is -0.161. The topological polar surface area (TPSA) is 237 Å². The molecule has 0 aliphatic rings. The summed E-state index contributed by atoms with van der Waals surface area (Å²) in [5, 5.41) is 10.6. The minimum Gasteiger partial charge on any atom is -0.462 e. The summed E-state index contributed by atoms with van der Waals surface area (Å²) in [4.78, 5) is 72.7. The van der Waals surface area contributed by atoms with Crippen molar-refractivity contribution in [1.82, 2.24) is 0 Å². The van der Waals surface area contributed by atoms with Gasteiger partial charge in [-0.25, -0.2) is 9.13 Å². The van der Waals surface area contributed by atoms with E-state index in [1.807, 2.05) is 0 Å². The van der Waals surface area contributed by atoms with E-state index in [1.165, 1.54) is 193 Å². The molecule has 0 saturated heterocycles. The lowest BCUT2D eigenvalue weighted by atomic mass is 9.99. The van der Waals surface area contributed by atoms with Gasteiger partial charge in [0, 0.05) is 25.7 Å². The van der Waals surface area contributed by atoms with Crippen molar-refractivity contribution >= 4 is 39.5 Å². The molecule has 0 aliphatic carbocycles. The minimum absolute atomic E-state index is 0.104. The number of carbonyl (C=O) groups excluding carboxylic acids is 4. The molecule has 19 heteroatoms. The fourth-order valence-electron chi connectivity index (χ4n) is 11.3. The summed E-state index contributed by atoms with van der Waals surface area (Å²) >= 11 is 0. The van der Waals surface area contributed by atoms with E-state index >= 15 is 0 Å². The molecule has 17 nitrogen and oxygen atoms in total.